The summed E-state index contributed by atoms with van der Waals surface area (Å²) in [6.45, 7) is 11.7. The van der Waals surface area contributed by atoms with Crippen molar-refractivity contribution in [1.82, 2.24) is 9.97 Å². The molecule has 43 heavy (non-hydrogen) atoms. The largest absolute Gasteiger partial charge is 2.00 e. The predicted molar refractivity (Wildman–Crippen MR) is 171 cm³/mol. The van der Waals surface area contributed by atoms with Gasteiger partial charge in [0.15, 0.2) is 11.6 Å². The molecule has 0 saturated carbocycles. The molecule has 0 aliphatic carbocycles. The zero-order valence-corrected chi connectivity index (χ0v) is 28.3. The summed E-state index contributed by atoms with van der Waals surface area (Å²) in [5.41, 5.74) is 2.45. The average molecular weight is 760 g/mol. The second-order valence-corrected chi connectivity index (χ2v) is 10.5. The number of benzene rings is 2. The fraction of sp³-hybridized carbons (Fsp3) is 0.267. The van der Waals surface area contributed by atoms with E-state index in [4.69, 9.17) is 0 Å². The summed E-state index contributed by atoms with van der Waals surface area (Å²) in [6, 6.07) is 17.4. The minimum atomic E-state index is -0.139. The Kier molecular flexibility index (Phi) is 15.3. The Balaban J connectivity index is 0.000000293. The van der Waals surface area contributed by atoms with E-state index >= 15 is 0 Å². The molecule has 4 aromatic rings. The van der Waals surface area contributed by atoms with Crippen molar-refractivity contribution in [2.75, 3.05) is 36.0 Å². The number of halogens is 2. The van der Waals surface area contributed by atoms with Crippen LogP contribution in [0.3, 0.4) is 0 Å². The van der Waals surface area contributed by atoms with Crippen molar-refractivity contribution in [3.05, 3.63) is 82.0 Å². The molecule has 2 aromatic carbocycles. The van der Waals surface area contributed by atoms with Crippen LogP contribution in [0.4, 0.5) is 34.4 Å². The van der Waals surface area contributed by atoms with Crippen LogP contribution < -0.4 is 20.0 Å². The van der Waals surface area contributed by atoms with Gasteiger partial charge in [0.2, 0.25) is 0 Å². The minimum Gasteiger partial charge on any atom is -0.871 e. The molecule has 0 amide bonds. The van der Waals surface area contributed by atoms with Gasteiger partial charge in [-0.1, -0.05) is 11.5 Å². The molecule has 2 aromatic heterocycles. The van der Waals surface area contributed by atoms with Crippen LogP contribution in [-0.2, 0) is 17.1 Å². The summed E-state index contributed by atoms with van der Waals surface area (Å²) >= 11 is 6.60. The Morgan fingerprint density at radius 1 is 0.581 bits per heavy atom. The number of hydrogen-bond acceptors (Lipinski definition) is 10. The second-order valence-electron chi connectivity index (χ2n) is 8.72. The molecule has 0 atom stereocenters. The second kappa shape index (κ2) is 18.3. The maximum Gasteiger partial charge on any atom is 2.00 e. The summed E-state index contributed by atoms with van der Waals surface area (Å²) in [5, 5.41) is 40.0. The van der Waals surface area contributed by atoms with Gasteiger partial charge in [-0.25, -0.2) is 9.97 Å². The van der Waals surface area contributed by atoms with Crippen molar-refractivity contribution in [2.24, 2.45) is 20.5 Å². The third-order valence-corrected chi connectivity index (χ3v) is 7.03. The Hall–Kier alpha value is -3.38. The quantitative estimate of drug-likeness (QED) is 0.118. The molecule has 0 bridgehead atoms. The van der Waals surface area contributed by atoms with E-state index in [2.05, 4.69) is 99.8 Å². The number of rotatable bonds is 10. The van der Waals surface area contributed by atoms with Crippen molar-refractivity contribution in [2.45, 2.75) is 27.7 Å². The van der Waals surface area contributed by atoms with Crippen LogP contribution in [-0.4, -0.2) is 36.1 Å². The van der Waals surface area contributed by atoms with Gasteiger partial charge in [-0.2, -0.15) is 0 Å². The molecule has 229 valence electrons. The number of azo groups is 2. The maximum absolute atomic E-state index is 12.0. The molecule has 0 unspecified atom stereocenters. The van der Waals surface area contributed by atoms with Gasteiger partial charge in [0.25, 0.3) is 0 Å². The first-order chi connectivity index (χ1) is 20.3. The molecule has 4 rings (SSSR count). The number of nitrogens with zero attached hydrogens (tertiary/aromatic N) is 8. The first-order valence-corrected chi connectivity index (χ1v) is 15.0. The van der Waals surface area contributed by atoms with E-state index in [0.29, 0.717) is 23.0 Å². The molecule has 10 nitrogen and oxygen atoms in total. The fourth-order valence-corrected chi connectivity index (χ4v) is 4.28. The molecule has 0 N–H and O–H groups in total. The van der Waals surface area contributed by atoms with Crippen LogP contribution in [0.1, 0.15) is 27.7 Å². The Labute approximate surface area is 279 Å². The molecular formula is C30H32Br2CuN8O2. The topological polar surface area (TPSA) is 128 Å². The Morgan fingerprint density at radius 3 is 1.23 bits per heavy atom. The van der Waals surface area contributed by atoms with Gasteiger partial charge < -0.3 is 20.0 Å². The van der Waals surface area contributed by atoms with Gasteiger partial charge in [-0.05, 0) is 120 Å². The molecule has 0 spiro atoms. The third-order valence-electron chi connectivity index (χ3n) is 6.09. The fourth-order valence-electron chi connectivity index (χ4n) is 3.81. The molecule has 1 radical (unpaired) electrons. The summed E-state index contributed by atoms with van der Waals surface area (Å²) in [6.07, 6.45) is 3.27. The van der Waals surface area contributed by atoms with Crippen LogP contribution in [0.25, 0.3) is 0 Å². The minimum absolute atomic E-state index is 0. The van der Waals surface area contributed by atoms with E-state index < -0.39 is 0 Å². The summed E-state index contributed by atoms with van der Waals surface area (Å²) < 4.78 is 1.74. The van der Waals surface area contributed by atoms with Crippen molar-refractivity contribution in [3.63, 3.8) is 0 Å². The average Bonchev–Trinajstić information content (AvgIpc) is 2.99. The van der Waals surface area contributed by atoms with Gasteiger partial charge >= 0.3 is 17.1 Å². The van der Waals surface area contributed by atoms with Gasteiger partial charge in [-0.3, -0.25) is 0 Å². The molecule has 2 heterocycles. The first kappa shape index (κ1) is 35.8. The summed E-state index contributed by atoms with van der Waals surface area (Å²) in [7, 11) is 0. The van der Waals surface area contributed by atoms with Crippen molar-refractivity contribution < 1.29 is 27.3 Å². The standard InChI is InChI=1S/2C15H17BrN4O.Cu/c2*1-3-20(4-2)12-6-7-13(14(21)9-12)18-19-15-8-5-11(16)10-17-15;/h2*5-10,21H,3-4H2,1-2H3;/q;;+2/p-2. The number of pyridine rings is 2. The number of anilines is 2. The van der Waals surface area contributed by atoms with E-state index in [0.717, 1.165) is 46.5 Å². The Morgan fingerprint density at radius 2 is 0.953 bits per heavy atom. The third kappa shape index (κ3) is 11.0. The number of hydrogen-bond donors (Lipinski definition) is 0. The van der Waals surface area contributed by atoms with Crippen LogP contribution in [0.5, 0.6) is 11.5 Å². The summed E-state index contributed by atoms with van der Waals surface area (Å²) in [5.74, 6) is 0.649. The summed E-state index contributed by atoms with van der Waals surface area (Å²) in [4.78, 5) is 12.4. The van der Waals surface area contributed by atoms with E-state index in [1.165, 1.54) is 0 Å². The maximum atomic E-state index is 12.0. The SMILES string of the molecule is CCN(CC)c1ccc(N=Nc2ccc(Br)cn2)c([O-])c1.CCN(CC)c1ccc(N=Nc2ccc(Br)cn2)c([O-])c1.[Cu+2]. The molecule has 0 saturated heterocycles. The van der Waals surface area contributed by atoms with Gasteiger partial charge in [0.05, 0.1) is 11.4 Å². The van der Waals surface area contributed by atoms with E-state index in [1.54, 1.807) is 48.8 Å². The zero-order chi connectivity index (χ0) is 30.5. The molecule has 13 heteroatoms. The predicted octanol–water partition coefficient (Wildman–Crippen LogP) is 8.36. The van der Waals surface area contributed by atoms with Gasteiger partial charge in [0.1, 0.15) is 0 Å². The molecule has 0 aliphatic rings. The molecule has 0 aliphatic heterocycles. The van der Waals surface area contributed by atoms with Crippen LogP contribution in [0.15, 0.2) is 102 Å². The van der Waals surface area contributed by atoms with Crippen LogP contribution >= 0.6 is 31.9 Å². The molecule has 0 fully saturated rings. The van der Waals surface area contributed by atoms with Crippen molar-refractivity contribution in [3.8, 4) is 11.5 Å². The Bertz CT molecular complexity index is 1370. The smallest absolute Gasteiger partial charge is 0.871 e. The van der Waals surface area contributed by atoms with Gasteiger partial charge in [-0.15, -0.1) is 20.5 Å². The van der Waals surface area contributed by atoms with Crippen molar-refractivity contribution in [1.29, 1.82) is 0 Å². The monoisotopic (exact) mass is 757 g/mol. The van der Waals surface area contributed by atoms with Crippen molar-refractivity contribution >= 4 is 66.2 Å². The van der Waals surface area contributed by atoms with E-state index in [9.17, 15) is 10.2 Å². The van der Waals surface area contributed by atoms with Gasteiger partial charge in [0, 0.05) is 58.9 Å². The number of aromatic nitrogens is 2. The molecular weight excluding hydrogens is 728 g/mol. The van der Waals surface area contributed by atoms with Crippen LogP contribution in [0.2, 0.25) is 0 Å². The van der Waals surface area contributed by atoms with E-state index in [-0.39, 0.29) is 28.6 Å². The van der Waals surface area contributed by atoms with E-state index in [1.807, 2.05) is 24.3 Å². The van der Waals surface area contributed by atoms with Crippen LogP contribution in [0, 0.1) is 0 Å². The zero-order valence-electron chi connectivity index (χ0n) is 24.2. The first-order valence-electron chi connectivity index (χ1n) is 13.5. The normalized spacial score (nSPS) is 10.7.